The van der Waals surface area contributed by atoms with Crippen molar-refractivity contribution >= 4 is 51.4 Å². The van der Waals surface area contributed by atoms with Crippen molar-refractivity contribution in [3.63, 3.8) is 0 Å². The van der Waals surface area contributed by atoms with E-state index in [1.165, 1.54) is 0 Å². The van der Waals surface area contributed by atoms with Crippen molar-refractivity contribution in [1.82, 2.24) is 10.2 Å². The van der Waals surface area contributed by atoms with Crippen LogP contribution < -0.4 is 10.6 Å². The molecule has 0 amide bonds. The Kier molecular flexibility index (Phi) is 4.85. The predicted molar refractivity (Wildman–Crippen MR) is 94.5 cm³/mol. The Balaban J connectivity index is 1.67. The predicted octanol–water partition coefficient (Wildman–Crippen LogP) is 4.31. The molecule has 2 N–H and O–H groups in total. The van der Waals surface area contributed by atoms with Gasteiger partial charge in [0, 0.05) is 23.5 Å². The fourth-order valence-corrected chi connectivity index (χ4v) is 4.49. The first kappa shape index (κ1) is 16.3. The highest BCUT2D eigenvalue weighted by molar-refractivity contribution is 8.01. The molecular formula is C14H16Cl2N4S2. The quantitative estimate of drug-likeness (QED) is 0.866. The molecule has 0 aliphatic carbocycles. The Bertz CT molecular complexity index is 665. The number of hydrogen-bond acceptors (Lipinski definition) is 6. The van der Waals surface area contributed by atoms with Crippen LogP contribution in [-0.4, -0.2) is 28.8 Å². The summed E-state index contributed by atoms with van der Waals surface area (Å²) in [6, 6.07) is 5.57. The molecule has 4 nitrogen and oxygen atoms in total. The van der Waals surface area contributed by atoms with E-state index in [-0.39, 0.29) is 5.54 Å². The second kappa shape index (κ2) is 6.53. The van der Waals surface area contributed by atoms with Crippen molar-refractivity contribution in [2.45, 2.75) is 34.5 Å². The van der Waals surface area contributed by atoms with E-state index in [1.807, 2.05) is 12.1 Å². The average Bonchev–Trinajstić information content (AvgIpc) is 2.91. The maximum Gasteiger partial charge on any atom is 0.209 e. The van der Waals surface area contributed by atoms with E-state index in [0.29, 0.717) is 10.0 Å². The number of anilines is 1. The zero-order chi connectivity index (χ0) is 15.7. The summed E-state index contributed by atoms with van der Waals surface area (Å²) >= 11 is 15.1. The smallest absolute Gasteiger partial charge is 0.209 e. The van der Waals surface area contributed by atoms with Gasteiger partial charge >= 0.3 is 0 Å². The summed E-state index contributed by atoms with van der Waals surface area (Å²) in [5.74, 6) is 0. The van der Waals surface area contributed by atoms with Crippen molar-refractivity contribution in [1.29, 1.82) is 0 Å². The zero-order valence-corrected chi connectivity index (χ0v) is 15.2. The summed E-state index contributed by atoms with van der Waals surface area (Å²) in [6.45, 7) is 3.97. The summed E-state index contributed by atoms with van der Waals surface area (Å²) in [7, 11) is 0. The Labute approximate surface area is 148 Å². The van der Waals surface area contributed by atoms with E-state index in [4.69, 9.17) is 28.9 Å². The molecular weight excluding hydrogens is 359 g/mol. The lowest BCUT2D eigenvalue weighted by Gasteiger charge is -2.36. The summed E-state index contributed by atoms with van der Waals surface area (Å²) in [5, 5.41) is 10.6. The third kappa shape index (κ3) is 3.86. The van der Waals surface area contributed by atoms with Gasteiger partial charge in [-0.05, 0) is 38.0 Å². The molecule has 1 aromatic carbocycles. The molecule has 0 unspecified atom stereocenters. The lowest BCUT2D eigenvalue weighted by Crippen LogP contribution is -2.48. The molecule has 118 valence electrons. The molecule has 1 saturated heterocycles. The van der Waals surface area contributed by atoms with Crippen LogP contribution in [0.15, 0.2) is 27.4 Å². The third-order valence-corrected chi connectivity index (χ3v) is 6.43. The Morgan fingerprint density at radius 3 is 2.64 bits per heavy atom. The first-order valence-corrected chi connectivity index (χ1v) is 9.32. The number of aromatic nitrogens is 2. The molecule has 22 heavy (non-hydrogen) atoms. The zero-order valence-electron chi connectivity index (χ0n) is 12.1. The van der Waals surface area contributed by atoms with Crippen LogP contribution in [0.4, 0.5) is 5.13 Å². The first-order valence-electron chi connectivity index (χ1n) is 6.93. The van der Waals surface area contributed by atoms with Crippen LogP contribution >= 0.6 is 46.3 Å². The molecule has 1 aliphatic heterocycles. The van der Waals surface area contributed by atoms with Gasteiger partial charge in [0.25, 0.3) is 0 Å². The molecule has 1 aromatic heterocycles. The summed E-state index contributed by atoms with van der Waals surface area (Å²) < 4.78 is 0.898. The van der Waals surface area contributed by atoms with Gasteiger partial charge in [0.15, 0.2) is 4.34 Å². The fourth-order valence-electron chi connectivity index (χ4n) is 2.22. The Hall–Kier alpha value is -0.530. The largest absolute Gasteiger partial charge is 0.346 e. The van der Waals surface area contributed by atoms with Crippen molar-refractivity contribution in [3.8, 4) is 0 Å². The molecule has 1 aliphatic rings. The lowest BCUT2D eigenvalue weighted by atomic mass is 9.91. The summed E-state index contributed by atoms with van der Waals surface area (Å²) in [6.07, 6.45) is 1.95. The van der Waals surface area contributed by atoms with Crippen molar-refractivity contribution < 1.29 is 0 Å². The molecule has 2 aromatic rings. The number of nitrogens with zero attached hydrogens (tertiary/aromatic N) is 3. The van der Waals surface area contributed by atoms with E-state index in [2.05, 4.69) is 22.0 Å². The topological polar surface area (TPSA) is 55.0 Å². The number of hydrogen-bond donors (Lipinski definition) is 1. The van der Waals surface area contributed by atoms with Crippen molar-refractivity contribution in [2.75, 3.05) is 18.0 Å². The van der Waals surface area contributed by atoms with E-state index in [1.54, 1.807) is 29.2 Å². The molecule has 0 spiro atoms. The van der Waals surface area contributed by atoms with Gasteiger partial charge in [0.1, 0.15) is 0 Å². The van der Waals surface area contributed by atoms with Gasteiger partial charge in [-0.3, -0.25) is 0 Å². The maximum atomic E-state index is 6.17. The van der Waals surface area contributed by atoms with Crippen molar-refractivity contribution in [3.05, 3.63) is 28.2 Å². The maximum absolute atomic E-state index is 6.17. The standard InChI is InChI=1S/C14H16Cl2N4S2/c1-14(17)4-6-20(7-5-14)12-18-19-13(22-12)21-9-2-3-10(15)11(16)8-9/h2-3,8H,4-7,17H2,1H3. The SMILES string of the molecule is CC1(N)CCN(c2nnc(Sc3ccc(Cl)c(Cl)c3)s2)CC1. The van der Waals surface area contributed by atoms with Crippen LogP contribution in [0.5, 0.6) is 0 Å². The minimum Gasteiger partial charge on any atom is -0.346 e. The molecule has 1 fully saturated rings. The van der Waals surface area contributed by atoms with E-state index in [9.17, 15) is 0 Å². The molecule has 8 heteroatoms. The molecule has 0 bridgehead atoms. The van der Waals surface area contributed by atoms with Gasteiger partial charge in [0.2, 0.25) is 5.13 Å². The monoisotopic (exact) mass is 374 g/mol. The van der Waals surface area contributed by atoms with Crippen LogP contribution in [-0.2, 0) is 0 Å². The lowest BCUT2D eigenvalue weighted by molar-refractivity contribution is 0.364. The first-order chi connectivity index (χ1) is 10.4. The van der Waals surface area contributed by atoms with Crippen LogP contribution in [0.2, 0.25) is 10.0 Å². The second-order valence-corrected chi connectivity index (χ2v) is 8.76. The van der Waals surface area contributed by atoms with Gasteiger partial charge in [0.05, 0.1) is 10.0 Å². The highest BCUT2D eigenvalue weighted by Crippen LogP contribution is 2.36. The van der Waals surface area contributed by atoms with Gasteiger partial charge < -0.3 is 10.6 Å². The molecule has 3 rings (SSSR count). The average molecular weight is 375 g/mol. The highest BCUT2D eigenvalue weighted by Gasteiger charge is 2.27. The number of halogens is 2. The minimum atomic E-state index is -0.0567. The van der Waals surface area contributed by atoms with Crippen LogP contribution in [0.1, 0.15) is 19.8 Å². The van der Waals surface area contributed by atoms with Gasteiger partial charge in [-0.25, -0.2) is 0 Å². The van der Waals surface area contributed by atoms with Crippen molar-refractivity contribution in [2.24, 2.45) is 5.73 Å². The van der Waals surface area contributed by atoms with Gasteiger partial charge in [-0.15, -0.1) is 10.2 Å². The second-order valence-electron chi connectivity index (χ2n) is 5.67. The van der Waals surface area contributed by atoms with Gasteiger partial charge in [-0.2, -0.15) is 0 Å². The molecule has 0 atom stereocenters. The van der Waals surface area contributed by atoms with Crippen LogP contribution in [0, 0.1) is 0 Å². The summed E-state index contributed by atoms with van der Waals surface area (Å²) in [5.41, 5.74) is 6.11. The third-order valence-electron chi connectivity index (χ3n) is 3.67. The van der Waals surface area contributed by atoms with Gasteiger partial charge in [-0.1, -0.05) is 46.3 Å². The molecule has 0 saturated carbocycles. The van der Waals surface area contributed by atoms with E-state index in [0.717, 1.165) is 40.3 Å². The normalized spacial score (nSPS) is 17.7. The Morgan fingerprint density at radius 1 is 1.23 bits per heavy atom. The number of benzene rings is 1. The minimum absolute atomic E-state index is 0.0567. The number of nitrogens with two attached hydrogens (primary N) is 1. The van der Waals surface area contributed by atoms with Crippen LogP contribution in [0.3, 0.4) is 0 Å². The van der Waals surface area contributed by atoms with E-state index >= 15 is 0 Å². The fraction of sp³-hybridized carbons (Fsp3) is 0.429. The molecule has 0 radical (unpaired) electrons. The number of rotatable bonds is 3. The number of piperidine rings is 1. The van der Waals surface area contributed by atoms with E-state index < -0.39 is 0 Å². The molecule has 2 heterocycles. The van der Waals surface area contributed by atoms with Crippen LogP contribution in [0.25, 0.3) is 0 Å². The highest BCUT2D eigenvalue weighted by atomic mass is 35.5. The Morgan fingerprint density at radius 2 is 1.95 bits per heavy atom. The summed E-state index contributed by atoms with van der Waals surface area (Å²) in [4.78, 5) is 3.26.